The first-order valence-electron chi connectivity index (χ1n) is 10.6. The summed E-state index contributed by atoms with van der Waals surface area (Å²) in [6.45, 7) is 4.23. The molecule has 0 aromatic heterocycles. The Bertz CT molecular complexity index is 726. The Morgan fingerprint density at radius 1 is 1.17 bits per heavy atom. The van der Waals surface area contributed by atoms with Crippen molar-refractivity contribution >= 4 is 41.5 Å². The number of hydrogen-bond donors (Lipinski definition) is 1. The fourth-order valence-corrected chi connectivity index (χ4v) is 4.62. The number of methoxy groups -OCH3 is 1. The molecule has 0 unspecified atom stereocenters. The van der Waals surface area contributed by atoms with Crippen molar-refractivity contribution in [3.05, 3.63) is 24.3 Å². The van der Waals surface area contributed by atoms with Gasteiger partial charge in [-0.1, -0.05) is 25.0 Å². The van der Waals surface area contributed by atoms with Gasteiger partial charge in [-0.05, 0) is 25.0 Å². The lowest BCUT2D eigenvalue weighted by molar-refractivity contribution is -0.138. The number of ether oxygens (including phenoxy) is 1. The second-order valence-electron chi connectivity index (χ2n) is 8.23. The van der Waals surface area contributed by atoms with E-state index in [0.29, 0.717) is 6.54 Å². The Labute approximate surface area is 197 Å². The van der Waals surface area contributed by atoms with Crippen LogP contribution in [0.2, 0.25) is 0 Å². The van der Waals surface area contributed by atoms with Gasteiger partial charge < -0.3 is 24.8 Å². The molecule has 30 heavy (non-hydrogen) atoms. The number of benzene rings is 1. The number of amides is 1. The van der Waals surface area contributed by atoms with Gasteiger partial charge in [-0.15, -0.1) is 24.0 Å². The molecule has 0 radical (unpaired) electrons. The fraction of sp³-hybridized carbons (Fsp3) is 0.636. The van der Waals surface area contributed by atoms with Crippen LogP contribution in [0.3, 0.4) is 0 Å². The van der Waals surface area contributed by atoms with Crippen LogP contribution < -0.4 is 15.0 Å². The SMILES string of the molecule is CN=C(NCC1(C(=O)N(C)C)CCCC1)N1CCN(c2ccccc2OC)CC1.I. The van der Waals surface area contributed by atoms with Gasteiger partial charge in [0.05, 0.1) is 18.2 Å². The second kappa shape index (κ2) is 11.1. The Kier molecular flexibility index (Phi) is 9.06. The molecule has 1 saturated heterocycles. The molecule has 1 aliphatic heterocycles. The highest BCUT2D eigenvalue weighted by Crippen LogP contribution is 2.39. The molecule has 1 N–H and O–H groups in total. The van der Waals surface area contributed by atoms with Crippen LogP contribution in [0.4, 0.5) is 5.69 Å². The summed E-state index contributed by atoms with van der Waals surface area (Å²) in [6, 6.07) is 8.16. The maximum atomic E-state index is 12.8. The summed E-state index contributed by atoms with van der Waals surface area (Å²) in [4.78, 5) is 23.7. The summed E-state index contributed by atoms with van der Waals surface area (Å²) in [5.74, 6) is 2.04. The number of aliphatic imine (C=N–C) groups is 1. The zero-order valence-corrected chi connectivity index (χ0v) is 21.0. The van der Waals surface area contributed by atoms with Gasteiger partial charge in [-0.25, -0.2) is 0 Å². The predicted molar refractivity (Wildman–Crippen MR) is 133 cm³/mol. The third-order valence-electron chi connectivity index (χ3n) is 6.22. The molecular formula is C22H36IN5O2. The maximum Gasteiger partial charge on any atom is 0.230 e. The monoisotopic (exact) mass is 529 g/mol. The molecule has 168 valence electrons. The molecule has 8 heteroatoms. The first kappa shape index (κ1) is 24.6. The molecule has 1 aliphatic carbocycles. The van der Waals surface area contributed by atoms with Crippen LogP contribution in [-0.2, 0) is 4.79 Å². The van der Waals surface area contributed by atoms with Crippen LogP contribution in [0.25, 0.3) is 0 Å². The van der Waals surface area contributed by atoms with Gasteiger partial charge >= 0.3 is 0 Å². The van der Waals surface area contributed by atoms with E-state index in [2.05, 4.69) is 26.2 Å². The first-order valence-corrected chi connectivity index (χ1v) is 10.6. The normalized spacial score (nSPS) is 18.6. The molecule has 2 fully saturated rings. The van der Waals surface area contributed by atoms with Crippen molar-refractivity contribution in [2.45, 2.75) is 25.7 Å². The Balaban J connectivity index is 0.00000320. The average Bonchev–Trinajstić information content (AvgIpc) is 3.24. The highest BCUT2D eigenvalue weighted by molar-refractivity contribution is 14.0. The van der Waals surface area contributed by atoms with Crippen molar-refractivity contribution in [2.75, 3.05) is 65.9 Å². The van der Waals surface area contributed by atoms with Gasteiger partial charge in [0.15, 0.2) is 5.96 Å². The van der Waals surface area contributed by atoms with E-state index in [1.807, 2.05) is 39.3 Å². The van der Waals surface area contributed by atoms with Crippen molar-refractivity contribution in [1.82, 2.24) is 15.1 Å². The van der Waals surface area contributed by atoms with E-state index in [9.17, 15) is 4.79 Å². The van der Waals surface area contributed by atoms with E-state index in [1.165, 1.54) is 0 Å². The van der Waals surface area contributed by atoms with Gasteiger partial charge in [-0.3, -0.25) is 9.79 Å². The van der Waals surface area contributed by atoms with Crippen molar-refractivity contribution < 1.29 is 9.53 Å². The molecule has 1 aromatic rings. The fourth-order valence-electron chi connectivity index (χ4n) is 4.62. The number of hydrogen-bond acceptors (Lipinski definition) is 4. The predicted octanol–water partition coefficient (Wildman–Crippen LogP) is 2.66. The zero-order chi connectivity index (χ0) is 20.9. The molecule has 1 saturated carbocycles. The number of nitrogens with one attached hydrogen (secondary N) is 1. The third kappa shape index (κ3) is 5.31. The van der Waals surface area contributed by atoms with Crippen LogP contribution in [0.1, 0.15) is 25.7 Å². The van der Waals surface area contributed by atoms with Crippen LogP contribution in [-0.4, -0.2) is 82.6 Å². The van der Waals surface area contributed by atoms with E-state index in [4.69, 9.17) is 4.74 Å². The van der Waals surface area contributed by atoms with Crippen LogP contribution in [0, 0.1) is 5.41 Å². The van der Waals surface area contributed by atoms with Crippen molar-refractivity contribution in [1.29, 1.82) is 0 Å². The summed E-state index contributed by atoms with van der Waals surface area (Å²) in [7, 11) is 7.25. The molecule has 1 heterocycles. The lowest BCUT2D eigenvalue weighted by Crippen LogP contribution is -2.55. The summed E-state index contributed by atoms with van der Waals surface area (Å²) in [5, 5.41) is 3.52. The van der Waals surface area contributed by atoms with E-state index in [1.54, 1.807) is 12.0 Å². The molecule has 3 rings (SSSR count). The molecule has 1 amide bonds. The highest BCUT2D eigenvalue weighted by atomic mass is 127. The van der Waals surface area contributed by atoms with E-state index in [0.717, 1.165) is 69.3 Å². The smallest absolute Gasteiger partial charge is 0.230 e. The number of guanidine groups is 1. The molecular weight excluding hydrogens is 493 g/mol. The van der Waals surface area contributed by atoms with Gasteiger partial charge in [0.1, 0.15) is 5.75 Å². The maximum absolute atomic E-state index is 12.8. The second-order valence-corrected chi connectivity index (χ2v) is 8.23. The summed E-state index contributed by atoms with van der Waals surface area (Å²) in [6.07, 6.45) is 4.15. The largest absolute Gasteiger partial charge is 0.495 e. The van der Waals surface area contributed by atoms with Crippen molar-refractivity contribution in [2.24, 2.45) is 10.4 Å². The summed E-state index contributed by atoms with van der Waals surface area (Å²) >= 11 is 0. The minimum Gasteiger partial charge on any atom is -0.495 e. The van der Waals surface area contributed by atoms with Crippen molar-refractivity contribution in [3.8, 4) is 5.75 Å². The van der Waals surface area contributed by atoms with Crippen LogP contribution >= 0.6 is 24.0 Å². The number of anilines is 1. The Morgan fingerprint density at radius 3 is 2.37 bits per heavy atom. The molecule has 0 spiro atoms. The van der Waals surface area contributed by atoms with Gasteiger partial charge in [-0.2, -0.15) is 0 Å². The topological polar surface area (TPSA) is 60.4 Å². The standard InChI is InChI=1S/C22H35N5O2.HI/c1-23-21(24-17-22(11-7-8-12-22)20(28)25(2)3)27-15-13-26(14-16-27)18-9-5-6-10-19(18)29-4;/h5-6,9-10H,7-8,11-17H2,1-4H3,(H,23,24);1H. The number of nitrogens with zero attached hydrogens (tertiary/aromatic N) is 4. The number of rotatable bonds is 5. The number of carbonyl (C=O) groups excluding carboxylic acids is 1. The first-order chi connectivity index (χ1) is 14.0. The lowest BCUT2D eigenvalue weighted by Gasteiger charge is -2.39. The van der Waals surface area contributed by atoms with E-state index >= 15 is 0 Å². The number of para-hydroxylation sites is 2. The molecule has 2 aliphatic rings. The minimum atomic E-state index is -0.293. The van der Waals surface area contributed by atoms with Crippen LogP contribution in [0.15, 0.2) is 29.3 Å². The molecule has 0 atom stereocenters. The highest BCUT2D eigenvalue weighted by Gasteiger charge is 2.42. The minimum absolute atomic E-state index is 0. The Hall–Kier alpha value is -1.71. The summed E-state index contributed by atoms with van der Waals surface area (Å²) < 4.78 is 5.52. The van der Waals surface area contributed by atoms with E-state index in [-0.39, 0.29) is 35.3 Å². The molecule has 0 bridgehead atoms. The van der Waals surface area contributed by atoms with Crippen molar-refractivity contribution in [3.63, 3.8) is 0 Å². The number of piperazine rings is 1. The zero-order valence-electron chi connectivity index (χ0n) is 18.7. The molecule has 1 aromatic carbocycles. The van der Waals surface area contributed by atoms with E-state index < -0.39 is 0 Å². The lowest BCUT2D eigenvalue weighted by atomic mass is 9.84. The average molecular weight is 529 g/mol. The molecule has 7 nitrogen and oxygen atoms in total. The third-order valence-corrected chi connectivity index (χ3v) is 6.22. The van der Waals surface area contributed by atoms with Crippen LogP contribution in [0.5, 0.6) is 5.75 Å². The number of carbonyl (C=O) groups is 1. The van der Waals surface area contributed by atoms with Gasteiger partial charge in [0.2, 0.25) is 5.91 Å². The number of halogens is 1. The quantitative estimate of drug-likeness (QED) is 0.361. The van der Waals surface area contributed by atoms with Gasteiger partial charge in [0, 0.05) is 53.9 Å². The Morgan fingerprint density at radius 2 is 1.80 bits per heavy atom. The van der Waals surface area contributed by atoms with Gasteiger partial charge in [0.25, 0.3) is 0 Å². The summed E-state index contributed by atoms with van der Waals surface area (Å²) in [5.41, 5.74) is 0.845.